The van der Waals surface area contributed by atoms with Gasteiger partial charge in [-0.25, -0.2) is 0 Å². The molecule has 0 fully saturated rings. The molecule has 5 heteroatoms. The Morgan fingerprint density at radius 1 is 1.09 bits per heavy atom. The Hall–Kier alpha value is -2.17. The minimum Gasteiger partial charge on any atom is -0.481 e. The number of ketones is 1. The van der Waals surface area contributed by atoms with E-state index in [0.717, 1.165) is 19.3 Å². The van der Waals surface area contributed by atoms with Gasteiger partial charge in [0.15, 0.2) is 5.78 Å². The molecule has 1 aromatic carbocycles. The van der Waals surface area contributed by atoms with E-state index in [2.05, 4.69) is 0 Å². The van der Waals surface area contributed by atoms with Crippen LogP contribution in [0.25, 0.3) is 0 Å². The molecule has 0 bridgehead atoms. The molecule has 1 amide bonds. The number of rotatable bonds is 8. The van der Waals surface area contributed by atoms with Crippen LogP contribution in [0.2, 0.25) is 0 Å². The van der Waals surface area contributed by atoms with Crippen LogP contribution in [0.3, 0.4) is 0 Å². The summed E-state index contributed by atoms with van der Waals surface area (Å²) in [7, 11) is 0. The summed E-state index contributed by atoms with van der Waals surface area (Å²) in [5.41, 5.74) is 3.24. The van der Waals surface area contributed by atoms with Crippen LogP contribution in [0.1, 0.15) is 54.1 Å². The lowest BCUT2D eigenvalue weighted by Gasteiger charge is -2.19. The first kappa shape index (κ1) is 17.2. The molecule has 2 rings (SSSR count). The number of hydrogen-bond acceptors (Lipinski definition) is 3. The van der Waals surface area contributed by atoms with E-state index >= 15 is 0 Å². The number of aryl methyl sites for hydroxylation is 2. The van der Waals surface area contributed by atoms with E-state index in [0.29, 0.717) is 12.1 Å². The van der Waals surface area contributed by atoms with E-state index in [9.17, 15) is 14.4 Å². The fourth-order valence-electron chi connectivity index (χ4n) is 2.96. The molecule has 0 aromatic heterocycles. The summed E-state index contributed by atoms with van der Waals surface area (Å²) in [5.74, 6) is -1.11. The van der Waals surface area contributed by atoms with Crippen molar-refractivity contribution in [1.82, 2.24) is 4.90 Å². The molecule has 1 N–H and O–H groups in total. The fraction of sp³-hybridized carbons (Fsp3) is 0.500. The van der Waals surface area contributed by atoms with Crippen molar-refractivity contribution in [3.05, 3.63) is 34.9 Å². The van der Waals surface area contributed by atoms with Crippen LogP contribution < -0.4 is 0 Å². The molecule has 0 atom stereocenters. The smallest absolute Gasteiger partial charge is 0.305 e. The van der Waals surface area contributed by atoms with E-state index in [1.165, 1.54) is 16.0 Å². The number of amides is 1. The van der Waals surface area contributed by atoms with Crippen LogP contribution in [0.4, 0.5) is 0 Å². The quantitative estimate of drug-likeness (QED) is 0.747. The van der Waals surface area contributed by atoms with Gasteiger partial charge in [0.2, 0.25) is 5.91 Å². The van der Waals surface area contributed by atoms with Crippen molar-refractivity contribution < 1.29 is 19.5 Å². The van der Waals surface area contributed by atoms with Crippen molar-refractivity contribution in [2.24, 2.45) is 0 Å². The third-order valence-electron chi connectivity index (χ3n) is 4.32. The molecule has 0 spiro atoms. The van der Waals surface area contributed by atoms with Gasteiger partial charge in [0, 0.05) is 31.5 Å². The third kappa shape index (κ3) is 4.65. The number of carboxylic acid groups (broad SMARTS) is 1. The lowest BCUT2D eigenvalue weighted by Crippen LogP contribution is -2.33. The number of benzene rings is 1. The summed E-state index contributed by atoms with van der Waals surface area (Å²) in [6.07, 6.45) is 3.47. The molecule has 1 aromatic rings. The average molecular weight is 317 g/mol. The van der Waals surface area contributed by atoms with Crippen molar-refractivity contribution in [1.29, 1.82) is 0 Å². The molecule has 0 heterocycles. The standard InChI is InChI=1S/C18H23NO4/c1-2-19(11-10-18(22)23)17(21)9-8-16(20)15-7-6-13-4-3-5-14(13)12-15/h6-7,12H,2-5,8-11H2,1H3,(H,22,23). The highest BCUT2D eigenvalue weighted by Crippen LogP contribution is 2.23. The molecule has 5 nitrogen and oxygen atoms in total. The first-order chi connectivity index (χ1) is 11.0. The summed E-state index contributed by atoms with van der Waals surface area (Å²) in [6, 6.07) is 5.82. The average Bonchev–Trinajstić information content (AvgIpc) is 3.00. The fourth-order valence-corrected chi connectivity index (χ4v) is 2.96. The zero-order valence-electron chi connectivity index (χ0n) is 13.5. The predicted molar refractivity (Wildman–Crippen MR) is 86.5 cm³/mol. The molecule has 0 aliphatic heterocycles. The Balaban J connectivity index is 1.87. The largest absolute Gasteiger partial charge is 0.481 e. The molecular formula is C18H23NO4. The highest BCUT2D eigenvalue weighted by atomic mass is 16.4. The van der Waals surface area contributed by atoms with Gasteiger partial charge >= 0.3 is 5.97 Å². The van der Waals surface area contributed by atoms with Gasteiger partial charge in [0.25, 0.3) is 0 Å². The number of carbonyl (C=O) groups is 3. The first-order valence-electron chi connectivity index (χ1n) is 8.15. The second kappa shape index (κ2) is 7.90. The Morgan fingerprint density at radius 3 is 2.52 bits per heavy atom. The second-order valence-corrected chi connectivity index (χ2v) is 5.88. The van der Waals surface area contributed by atoms with Crippen LogP contribution in [-0.2, 0) is 22.4 Å². The molecular weight excluding hydrogens is 294 g/mol. The molecule has 124 valence electrons. The Kier molecular flexibility index (Phi) is 5.90. The van der Waals surface area contributed by atoms with E-state index in [1.807, 2.05) is 25.1 Å². The van der Waals surface area contributed by atoms with Crippen LogP contribution in [0.5, 0.6) is 0 Å². The number of carboxylic acids is 1. The lowest BCUT2D eigenvalue weighted by atomic mass is 10.0. The van der Waals surface area contributed by atoms with Gasteiger partial charge in [-0.3, -0.25) is 14.4 Å². The summed E-state index contributed by atoms with van der Waals surface area (Å²) in [6.45, 7) is 2.46. The van der Waals surface area contributed by atoms with Crippen LogP contribution in [0, 0.1) is 0 Å². The minimum absolute atomic E-state index is 0.0256. The predicted octanol–water partition coefficient (Wildman–Crippen LogP) is 2.46. The van der Waals surface area contributed by atoms with Gasteiger partial charge in [0.1, 0.15) is 0 Å². The molecule has 1 aliphatic rings. The zero-order valence-corrected chi connectivity index (χ0v) is 13.5. The number of fused-ring (bicyclic) bond motifs is 1. The van der Waals surface area contributed by atoms with Gasteiger partial charge in [-0.15, -0.1) is 0 Å². The molecule has 0 saturated carbocycles. The molecule has 0 radical (unpaired) electrons. The number of Topliss-reactive ketones (excluding diaryl/α,β-unsaturated/α-hetero) is 1. The SMILES string of the molecule is CCN(CCC(=O)O)C(=O)CCC(=O)c1ccc2c(c1)CCC2. The van der Waals surface area contributed by atoms with Gasteiger partial charge in [-0.05, 0) is 43.4 Å². The van der Waals surface area contributed by atoms with Crippen molar-refractivity contribution in [2.45, 2.75) is 45.4 Å². The summed E-state index contributed by atoms with van der Waals surface area (Å²) in [5, 5.41) is 8.69. The van der Waals surface area contributed by atoms with Crippen molar-refractivity contribution in [3.63, 3.8) is 0 Å². The second-order valence-electron chi connectivity index (χ2n) is 5.88. The van der Waals surface area contributed by atoms with E-state index in [4.69, 9.17) is 5.11 Å². The number of hydrogen-bond donors (Lipinski definition) is 1. The summed E-state index contributed by atoms with van der Waals surface area (Å²) in [4.78, 5) is 36.4. The lowest BCUT2D eigenvalue weighted by molar-refractivity contribution is -0.138. The highest BCUT2D eigenvalue weighted by molar-refractivity contribution is 5.98. The van der Waals surface area contributed by atoms with Crippen LogP contribution >= 0.6 is 0 Å². The topological polar surface area (TPSA) is 74.7 Å². The zero-order chi connectivity index (χ0) is 16.8. The minimum atomic E-state index is -0.925. The monoisotopic (exact) mass is 317 g/mol. The van der Waals surface area contributed by atoms with Gasteiger partial charge in [0.05, 0.1) is 6.42 Å². The third-order valence-corrected chi connectivity index (χ3v) is 4.32. The van der Waals surface area contributed by atoms with Crippen LogP contribution in [-0.4, -0.2) is 40.8 Å². The Morgan fingerprint density at radius 2 is 1.83 bits per heavy atom. The summed E-state index contributed by atoms with van der Waals surface area (Å²) >= 11 is 0. The molecule has 23 heavy (non-hydrogen) atoms. The van der Waals surface area contributed by atoms with Crippen LogP contribution in [0.15, 0.2) is 18.2 Å². The first-order valence-corrected chi connectivity index (χ1v) is 8.15. The van der Waals surface area contributed by atoms with E-state index in [1.54, 1.807) is 0 Å². The van der Waals surface area contributed by atoms with Crippen molar-refractivity contribution >= 4 is 17.7 Å². The van der Waals surface area contributed by atoms with Crippen molar-refractivity contribution in [3.8, 4) is 0 Å². The normalized spacial score (nSPS) is 12.7. The number of nitrogens with zero attached hydrogens (tertiary/aromatic N) is 1. The Labute approximate surface area is 136 Å². The van der Waals surface area contributed by atoms with Crippen molar-refractivity contribution in [2.75, 3.05) is 13.1 Å². The maximum atomic E-state index is 12.3. The van der Waals surface area contributed by atoms with Gasteiger partial charge in [-0.2, -0.15) is 0 Å². The van der Waals surface area contributed by atoms with Gasteiger partial charge < -0.3 is 10.0 Å². The summed E-state index contributed by atoms with van der Waals surface area (Å²) < 4.78 is 0. The van der Waals surface area contributed by atoms with Gasteiger partial charge in [-0.1, -0.05) is 12.1 Å². The molecule has 1 aliphatic carbocycles. The Bertz CT molecular complexity index is 609. The van der Waals surface area contributed by atoms with E-state index in [-0.39, 0.29) is 37.5 Å². The highest BCUT2D eigenvalue weighted by Gasteiger charge is 2.17. The van der Waals surface area contributed by atoms with E-state index < -0.39 is 5.97 Å². The number of aliphatic carboxylic acids is 1. The molecule has 0 saturated heterocycles. The molecule has 0 unspecified atom stereocenters. The maximum absolute atomic E-state index is 12.3. The maximum Gasteiger partial charge on any atom is 0.305 e. The number of carbonyl (C=O) groups excluding carboxylic acids is 2.